The van der Waals surface area contributed by atoms with E-state index in [1.807, 2.05) is 0 Å². The number of fused-ring (bicyclic) bond motifs is 7. The van der Waals surface area contributed by atoms with Crippen molar-refractivity contribution in [2.45, 2.75) is 13.8 Å². The Morgan fingerprint density at radius 3 is 1.97 bits per heavy atom. The first-order chi connectivity index (χ1) is 16.7. The van der Waals surface area contributed by atoms with Gasteiger partial charge in [-0.3, -0.25) is 0 Å². The topological polar surface area (TPSA) is 0 Å². The van der Waals surface area contributed by atoms with Crippen LogP contribution in [0.25, 0.3) is 75.8 Å². The molecule has 8 aromatic carbocycles. The Bertz CT molecular complexity index is 2060. The Morgan fingerprint density at radius 1 is 0.412 bits per heavy atom. The van der Waals surface area contributed by atoms with Crippen molar-refractivity contribution in [3.8, 4) is 11.1 Å². The fourth-order valence-corrected chi connectivity index (χ4v) is 6.63. The van der Waals surface area contributed by atoms with E-state index in [-0.39, 0.29) is 0 Å². The van der Waals surface area contributed by atoms with Crippen LogP contribution >= 0.6 is 0 Å². The Morgan fingerprint density at radius 2 is 1.12 bits per heavy atom. The van der Waals surface area contributed by atoms with Crippen molar-refractivity contribution < 1.29 is 0 Å². The molecule has 0 saturated heterocycles. The summed E-state index contributed by atoms with van der Waals surface area (Å²) in [6.07, 6.45) is 0. The number of hydrogen-bond acceptors (Lipinski definition) is 0. The molecular weight excluding hydrogens is 408 g/mol. The predicted octanol–water partition coefficient (Wildman–Crippen LogP) is 9.77. The van der Waals surface area contributed by atoms with Crippen LogP contribution in [0, 0.1) is 13.8 Å². The van der Waals surface area contributed by atoms with Gasteiger partial charge in [0.05, 0.1) is 0 Å². The van der Waals surface area contributed by atoms with Gasteiger partial charge in [-0.15, -0.1) is 0 Å². The van der Waals surface area contributed by atoms with E-state index in [1.54, 1.807) is 0 Å². The number of rotatable bonds is 1. The maximum absolute atomic E-state index is 2.41. The summed E-state index contributed by atoms with van der Waals surface area (Å²) in [4.78, 5) is 0. The lowest BCUT2D eigenvalue weighted by Gasteiger charge is -2.12. The van der Waals surface area contributed by atoms with Gasteiger partial charge in [-0.25, -0.2) is 0 Å². The van der Waals surface area contributed by atoms with Crippen LogP contribution in [0.1, 0.15) is 11.1 Å². The van der Waals surface area contributed by atoms with Gasteiger partial charge in [0.1, 0.15) is 0 Å². The summed E-state index contributed by atoms with van der Waals surface area (Å²) in [6.45, 7) is 4.50. The lowest BCUT2D eigenvalue weighted by Crippen LogP contribution is -1.85. The van der Waals surface area contributed by atoms with Crippen LogP contribution in [0.5, 0.6) is 0 Å². The summed E-state index contributed by atoms with van der Waals surface area (Å²) in [6, 6.07) is 36.2. The summed E-state index contributed by atoms with van der Waals surface area (Å²) in [5, 5.41) is 16.6. The second-order valence-electron chi connectivity index (χ2n) is 9.81. The summed E-state index contributed by atoms with van der Waals surface area (Å²) >= 11 is 0. The second kappa shape index (κ2) is 6.24. The molecule has 0 nitrogen and oxygen atoms in total. The van der Waals surface area contributed by atoms with Gasteiger partial charge in [0.25, 0.3) is 0 Å². The van der Waals surface area contributed by atoms with Gasteiger partial charge in [-0.1, -0.05) is 97.1 Å². The quantitative estimate of drug-likeness (QED) is 0.243. The largest absolute Gasteiger partial charge is 0.0622 e. The maximum Gasteiger partial charge on any atom is -0.000430 e. The summed E-state index contributed by atoms with van der Waals surface area (Å²) < 4.78 is 0. The minimum absolute atomic E-state index is 1.29. The molecule has 0 aromatic heterocycles. The molecule has 0 aliphatic carbocycles. The predicted molar refractivity (Wildman–Crippen MR) is 149 cm³/mol. The van der Waals surface area contributed by atoms with Crippen molar-refractivity contribution in [2.75, 3.05) is 0 Å². The molecule has 0 unspecified atom stereocenters. The molecule has 0 spiro atoms. The number of hydrogen-bond donors (Lipinski definition) is 0. The Balaban J connectivity index is 1.85. The molecule has 0 heterocycles. The highest BCUT2D eigenvalue weighted by Crippen LogP contribution is 2.53. The van der Waals surface area contributed by atoms with Crippen LogP contribution < -0.4 is 0 Å². The lowest BCUT2D eigenvalue weighted by atomic mass is 9.90. The smallest absolute Gasteiger partial charge is 0.000430 e. The highest BCUT2D eigenvalue weighted by molar-refractivity contribution is 6.48. The first kappa shape index (κ1) is 18.3. The van der Waals surface area contributed by atoms with E-state index in [9.17, 15) is 0 Å². The first-order valence-electron chi connectivity index (χ1n) is 12.0. The molecule has 0 bridgehead atoms. The Hall–Kier alpha value is -4.16. The van der Waals surface area contributed by atoms with E-state index in [0.29, 0.717) is 0 Å². The lowest BCUT2D eigenvalue weighted by molar-refractivity contribution is 1.52. The normalized spacial score (nSPS) is 12.4. The minimum Gasteiger partial charge on any atom is -0.0622 e. The average Bonchev–Trinajstić information content (AvgIpc) is 3.38. The van der Waals surface area contributed by atoms with Crippen molar-refractivity contribution in [1.29, 1.82) is 0 Å². The van der Waals surface area contributed by atoms with Gasteiger partial charge < -0.3 is 0 Å². The van der Waals surface area contributed by atoms with Crippen LogP contribution in [-0.4, -0.2) is 0 Å². The van der Waals surface area contributed by atoms with Crippen LogP contribution in [0.3, 0.4) is 0 Å². The molecule has 0 N–H and O–H groups in total. The zero-order valence-corrected chi connectivity index (χ0v) is 19.2. The fraction of sp³-hybridized carbons (Fsp3) is 0.0588. The molecule has 0 fully saturated rings. The Labute approximate surface area is 197 Å². The molecule has 0 aliphatic rings. The fourth-order valence-electron chi connectivity index (χ4n) is 6.63. The van der Waals surface area contributed by atoms with E-state index in [0.717, 1.165) is 0 Å². The van der Waals surface area contributed by atoms with Crippen molar-refractivity contribution in [3.63, 3.8) is 0 Å². The van der Waals surface area contributed by atoms with Crippen molar-refractivity contribution in [2.24, 2.45) is 0 Å². The minimum atomic E-state index is 1.29. The van der Waals surface area contributed by atoms with Crippen LogP contribution in [0.15, 0.2) is 97.1 Å². The van der Waals surface area contributed by atoms with Gasteiger partial charge in [0.2, 0.25) is 0 Å². The average molecular weight is 431 g/mol. The molecule has 8 rings (SSSR count). The SMILES string of the molecule is Cc1cc2ccc(C)c3c2c(c1)c1c(-c2ccccc2)c2cccc4c5ccccc5c(c24)c13. The molecule has 0 amide bonds. The highest BCUT2D eigenvalue weighted by atomic mass is 14.3. The third-order valence-electron chi connectivity index (χ3n) is 7.87. The van der Waals surface area contributed by atoms with Gasteiger partial charge in [0, 0.05) is 0 Å². The standard InChI is InChI=1S/C34H22/c1-19-17-22-16-15-20(2)28-30(22)27(18-19)33-29(21-9-4-3-5-10-21)26-14-8-13-24-23-11-6-7-12-25(23)32(31(24)26)34(28)33/h3-18H,1-2H3. The zero-order chi connectivity index (χ0) is 22.6. The summed E-state index contributed by atoms with van der Waals surface area (Å²) in [5.74, 6) is 0. The van der Waals surface area contributed by atoms with Gasteiger partial charge >= 0.3 is 0 Å². The molecule has 8 aromatic rings. The molecule has 34 heavy (non-hydrogen) atoms. The Kier molecular flexibility index (Phi) is 3.36. The van der Waals surface area contributed by atoms with Crippen molar-refractivity contribution in [1.82, 2.24) is 0 Å². The molecular formula is C34H22. The molecule has 0 aliphatic heterocycles. The van der Waals surface area contributed by atoms with E-state index in [1.165, 1.54) is 86.9 Å². The molecule has 0 atom stereocenters. The van der Waals surface area contributed by atoms with Crippen LogP contribution in [0.4, 0.5) is 0 Å². The van der Waals surface area contributed by atoms with Gasteiger partial charge in [0.15, 0.2) is 0 Å². The first-order valence-corrected chi connectivity index (χ1v) is 12.0. The number of aryl methyl sites for hydroxylation is 2. The second-order valence-corrected chi connectivity index (χ2v) is 9.81. The highest BCUT2D eigenvalue weighted by Gasteiger charge is 2.25. The third-order valence-corrected chi connectivity index (χ3v) is 7.87. The van der Waals surface area contributed by atoms with E-state index in [4.69, 9.17) is 0 Å². The summed E-state index contributed by atoms with van der Waals surface area (Å²) in [7, 11) is 0. The van der Waals surface area contributed by atoms with E-state index in [2.05, 4.69) is 111 Å². The van der Waals surface area contributed by atoms with Crippen molar-refractivity contribution in [3.05, 3.63) is 108 Å². The monoisotopic (exact) mass is 430 g/mol. The third kappa shape index (κ3) is 2.10. The van der Waals surface area contributed by atoms with E-state index >= 15 is 0 Å². The molecule has 0 heteroatoms. The van der Waals surface area contributed by atoms with Crippen LogP contribution in [-0.2, 0) is 0 Å². The van der Waals surface area contributed by atoms with E-state index < -0.39 is 0 Å². The molecule has 0 radical (unpaired) electrons. The summed E-state index contributed by atoms with van der Waals surface area (Å²) in [5.41, 5.74) is 5.33. The number of benzene rings is 6. The molecule has 158 valence electrons. The maximum atomic E-state index is 2.41. The van der Waals surface area contributed by atoms with Gasteiger partial charge in [-0.2, -0.15) is 0 Å². The zero-order valence-electron chi connectivity index (χ0n) is 19.2. The van der Waals surface area contributed by atoms with Gasteiger partial charge in [-0.05, 0) is 101 Å². The van der Waals surface area contributed by atoms with Crippen LogP contribution in [0.2, 0.25) is 0 Å². The molecule has 0 saturated carbocycles. The van der Waals surface area contributed by atoms with Crippen molar-refractivity contribution >= 4 is 64.6 Å².